The van der Waals surface area contributed by atoms with Crippen LogP contribution in [0.1, 0.15) is 40.1 Å². The molecule has 3 aromatic rings. The number of nitrogens with two attached hydrogens (primary N) is 2. The molecule has 0 saturated heterocycles. The average Bonchev–Trinajstić information content (AvgIpc) is 3.39. The zero-order chi connectivity index (χ0) is 27.7. The Balaban J connectivity index is 1.69. The molecule has 38 heavy (non-hydrogen) atoms. The second-order valence-electron chi connectivity index (χ2n) is 8.03. The number of Topliss-reactive ketones (excluding diaryl/α,β-unsaturated/α-hetero) is 1. The summed E-state index contributed by atoms with van der Waals surface area (Å²) in [4.78, 5) is 45.6. The molecule has 202 valence electrons. The molecule has 0 bridgehead atoms. The number of esters is 1. The number of aliphatic imine (C=N–C) groups is 1. The van der Waals surface area contributed by atoms with Crippen LogP contribution in [0.3, 0.4) is 0 Å². The molecule has 3 rings (SSSR count). The van der Waals surface area contributed by atoms with Crippen LogP contribution in [0.4, 0.5) is 0 Å². The van der Waals surface area contributed by atoms with Gasteiger partial charge in [-0.15, -0.1) is 11.3 Å². The lowest BCUT2D eigenvalue weighted by Crippen LogP contribution is -2.45. The summed E-state index contributed by atoms with van der Waals surface area (Å²) in [7, 11) is -4.00. The van der Waals surface area contributed by atoms with E-state index in [1.807, 2.05) is 12.1 Å². The summed E-state index contributed by atoms with van der Waals surface area (Å²) in [6, 6.07) is 10.9. The van der Waals surface area contributed by atoms with Crippen LogP contribution in [0, 0.1) is 0 Å². The maximum absolute atomic E-state index is 13.1. The molecule has 0 spiro atoms. The van der Waals surface area contributed by atoms with Gasteiger partial charge in [-0.25, -0.2) is 22.9 Å². The summed E-state index contributed by atoms with van der Waals surface area (Å²) in [6.45, 7) is 1.41. The lowest BCUT2D eigenvalue weighted by Gasteiger charge is -2.17. The number of nitrogens with zero attached hydrogens (tertiary/aromatic N) is 2. The maximum Gasteiger partial charge on any atom is 0.357 e. The predicted octanol–water partition coefficient (Wildman–Crippen LogP) is 1.17. The molecule has 0 aliphatic rings. The number of rotatable bonds is 13. The van der Waals surface area contributed by atoms with Crippen molar-refractivity contribution in [1.82, 2.24) is 15.0 Å². The average molecular weight is 561 g/mol. The number of sulfonamides is 1. The quantitative estimate of drug-likeness (QED) is 0.0780. The van der Waals surface area contributed by atoms with Crippen molar-refractivity contribution in [2.45, 2.75) is 30.7 Å². The zero-order valence-electron chi connectivity index (χ0n) is 20.5. The normalized spacial score (nSPS) is 12.0. The fourth-order valence-corrected chi connectivity index (χ4v) is 5.23. The third-order valence-corrected chi connectivity index (χ3v) is 7.51. The number of nitrogens with one attached hydrogen (secondary N) is 2. The number of guanidine groups is 1. The molecule has 0 aliphatic heterocycles. The molecule has 1 atom stereocenters. The molecule has 1 heterocycles. The lowest BCUT2D eigenvalue weighted by atomic mass is 10.1. The van der Waals surface area contributed by atoms with Crippen molar-refractivity contribution in [3.8, 4) is 0 Å². The van der Waals surface area contributed by atoms with Crippen molar-refractivity contribution in [2.75, 3.05) is 19.7 Å². The van der Waals surface area contributed by atoms with Crippen LogP contribution in [0.2, 0.25) is 0 Å². The SMILES string of the molecule is CCOC(=O)c1csc(C(=O)[C@H](CCCN=C(N)N)NC(=O)CNS(=O)(=O)c2ccc3ccccc3c2)n1. The summed E-state index contributed by atoms with van der Waals surface area (Å²) >= 11 is 0.935. The van der Waals surface area contributed by atoms with Crippen LogP contribution >= 0.6 is 11.3 Å². The van der Waals surface area contributed by atoms with Gasteiger partial charge >= 0.3 is 5.97 Å². The highest BCUT2D eigenvalue weighted by atomic mass is 32.2. The molecule has 0 radical (unpaired) electrons. The maximum atomic E-state index is 13.1. The van der Waals surface area contributed by atoms with Crippen molar-refractivity contribution in [3.63, 3.8) is 0 Å². The van der Waals surface area contributed by atoms with Crippen molar-refractivity contribution in [3.05, 3.63) is 58.5 Å². The molecule has 6 N–H and O–H groups in total. The minimum absolute atomic E-state index is 0.00284. The van der Waals surface area contributed by atoms with Gasteiger partial charge in [-0.2, -0.15) is 0 Å². The Hall–Kier alpha value is -3.88. The second-order valence-corrected chi connectivity index (χ2v) is 10.7. The van der Waals surface area contributed by atoms with Crippen molar-refractivity contribution in [1.29, 1.82) is 0 Å². The Kier molecular flexibility index (Phi) is 9.87. The number of thiazole rings is 1. The summed E-state index contributed by atoms with van der Waals surface area (Å²) in [5.41, 5.74) is 10.6. The summed E-state index contributed by atoms with van der Waals surface area (Å²) in [5, 5.41) is 5.54. The van der Waals surface area contributed by atoms with E-state index in [9.17, 15) is 22.8 Å². The van der Waals surface area contributed by atoms with E-state index in [2.05, 4.69) is 20.0 Å². The van der Waals surface area contributed by atoms with Gasteiger partial charge in [0, 0.05) is 11.9 Å². The van der Waals surface area contributed by atoms with Gasteiger partial charge in [-0.05, 0) is 42.7 Å². The van der Waals surface area contributed by atoms with Crippen molar-refractivity contribution in [2.24, 2.45) is 16.5 Å². The third-order valence-electron chi connectivity index (χ3n) is 5.25. The van der Waals surface area contributed by atoms with Gasteiger partial charge in [0.2, 0.25) is 21.7 Å². The number of ketones is 1. The zero-order valence-corrected chi connectivity index (χ0v) is 22.2. The fourth-order valence-electron chi connectivity index (χ4n) is 3.43. The van der Waals surface area contributed by atoms with E-state index in [1.165, 1.54) is 17.5 Å². The molecule has 1 amide bonds. The number of amides is 1. The van der Waals surface area contributed by atoms with E-state index in [0.29, 0.717) is 6.42 Å². The smallest absolute Gasteiger partial charge is 0.357 e. The first-order valence-electron chi connectivity index (χ1n) is 11.6. The van der Waals surface area contributed by atoms with E-state index in [0.717, 1.165) is 22.1 Å². The standard InChI is InChI=1S/C24H28N6O6S2/c1-2-36-23(33)19-14-37-22(30-19)21(32)18(8-5-11-27-24(25)26)29-20(31)13-28-38(34,35)17-10-9-15-6-3-4-7-16(15)12-17/h3-4,6-7,9-10,12,14,18,28H,2,5,8,11,13H2,1H3,(H,29,31)(H4,25,26,27)/t18-/m0/s1. The Bertz CT molecular complexity index is 1450. The highest BCUT2D eigenvalue weighted by Gasteiger charge is 2.26. The first-order valence-corrected chi connectivity index (χ1v) is 14.0. The Morgan fingerprint density at radius 1 is 1.13 bits per heavy atom. The van der Waals surface area contributed by atoms with Gasteiger partial charge < -0.3 is 21.5 Å². The molecule has 0 saturated carbocycles. The molecule has 14 heteroatoms. The molecule has 12 nitrogen and oxygen atoms in total. The molecule has 2 aromatic carbocycles. The third kappa shape index (κ3) is 7.81. The first-order chi connectivity index (χ1) is 18.1. The van der Waals surface area contributed by atoms with Crippen LogP contribution in [0.5, 0.6) is 0 Å². The first kappa shape index (κ1) is 28.7. The van der Waals surface area contributed by atoms with Gasteiger partial charge in [0.05, 0.1) is 24.1 Å². The van der Waals surface area contributed by atoms with Gasteiger partial charge in [-0.3, -0.25) is 14.6 Å². The summed E-state index contributed by atoms with van der Waals surface area (Å²) in [6.07, 6.45) is 0.487. The molecule has 0 aliphatic carbocycles. The van der Waals surface area contributed by atoms with Crippen LogP contribution in [-0.4, -0.2) is 62.8 Å². The van der Waals surface area contributed by atoms with E-state index in [-0.39, 0.29) is 41.1 Å². The van der Waals surface area contributed by atoms with E-state index >= 15 is 0 Å². The van der Waals surface area contributed by atoms with E-state index < -0.39 is 40.3 Å². The number of carbonyl (C=O) groups is 3. The Labute approximate surface area is 223 Å². The predicted molar refractivity (Wildman–Crippen MR) is 143 cm³/mol. The monoisotopic (exact) mass is 560 g/mol. The molecular formula is C24H28N6O6S2. The number of ether oxygens (including phenoxy) is 1. The van der Waals surface area contributed by atoms with E-state index in [4.69, 9.17) is 16.2 Å². The van der Waals surface area contributed by atoms with Crippen LogP contribution in [0.15, 0.2) is 57.7 Å². The lowest BCUT2D eigenvalue weighted by molar-refractivity contribution is -0.120. The molecule has 1 aromatic heterocycles. The van der Waals surface area contributed by atoms with E-state index in [1.54, 1.807) is 25.1 Å². The van der Waals surface area contributed by atoms with Crippen LogP contribution < -0.4 is 21.5 Å². The fraction of sp³-hybridized carbons (Fsp3) is 0.292. The molecule has 0 fully saturated rings. The topological polar surface area (TPSA) is 196 Å². The van der Waals surface area contributed by atoms with Crippen molar-refractivity contribution >= 4 is 55.8 Å². The van der Waals surface area contributed by atoms with Gasteiger partial charge in [0.15, 0.2) is 16.7 Å². The summed E-state index contributed by atoms with van der Waals surface area (Å²) in [5.74, 6) is -2.05. The molecule has 0 unspecified atom stereocenters. The Morgan fingerprint density at radius 3 is 2.58 bits per heavy atom. The van der Waals surface area contributed by atoms with Gasteiger partial charge in [0.25, 0.3) is 0 Å². The van der Waals surface area contributed by atoms with Gasteiger partial charge in [0.1, 0.15) is 0 Å². The van der Waals surface area contributed by atoms with Gasteiger partial charge in [-0.1, -0.05) is 30.3 Å². The number of hydrogen-bond acceptors (Lipinski definition) is 9. The number of aromatic nitrogens is 1. The van der Waals surface area contributed by atoms with Crippen LogP contribution in [0.25, 0.3) is 10.8 Å². The Morgan fingerprint density at radius 2 is 1.87 bits per heavy atom. The largest absolute Gasteiger partial charge is 0.461 e. The molecular weight excluding hydrogens is 532 g/mol. The second kappa shape index (κ2) is 13.1. The number of benzene rings is 2. The van der Waals surface area contributed by atoms with Crippen molar-refractivity contribution < 1.29 is 27.5 Å². The number of carbonyl (C=O) groups excluding carboxylic acids is 3. The highest BCUT2D eigenvalue weighted by Crippen LogP contribution is 2.19. The summed E-state index contributed by atoms with van der Waals surface area (Å²) < 4.78 is 32.7. The number of hydrogen-bond donors (Lipinski definition) is 4. The van der Waals surface area contributed by atoms with Crippen LogP contribution in [-0.2, 0) is 19.6 Å². The minimum Gasteiger partial charge on any atom is -0.461 e. The number of fused-ring (bicyclic) bond motifs is 1. The highest BCUT2D eigenvalue weighted by molar-refractivity contribution is 7.89. The minimum atomic E-state index is -4.00.